The molecule has 0 spiro atoms. The molecule has 13 heteroatoms. The topological polar surface area (TPSA) is 182 Å². The highest BCUT2D eigenvalue weighted by atomic mass is 79.9. The number of carbonyl (C=O) groups excluding carboxylic acids is 3. The van der Waals surface area contributed by atoms with Gasteiger partial charge in [0.25, 0.3) is 5.91 Å². The van der Waals surface area contributed by atoms with Crippen LogP contribution in [0, 0.1) is 17.4 Å². The summed E-state index contributed by atoms with van der Waals surface area (Å²) >= 11 is 5.65. The minimum absolute atomic E-state index is 0.0347. The Morgan fingerprint density at radius 1 is 1.16 bits per heavy atom. The summed E-state index contributed by atoms with van der Waals surface area (Å²) in [4.78, 5) is 44.7. The summed E-state index contributed by atoms with van der Waals surface area (Å²) in [7, 11) is 0. The number of carboxylic acid groups (broad SMARTS) is 1. The van der Waals surface area contributed by atoms with Crippen molar-refractivity contribution < 1.29 is 33.8 Å². The molecule has 2 rings (SSSR count). The molecule has 1 aliphatic rings. The molecule has 0 fully saturated rings. The third-order valence-corrected chi connectivity index (χ3v) is 4.27. The lowest BCUT2D eigenvalue weighted by molar-refractivity contribution is -0.145. The number of alkyl halides is 2. The van der Waals surface area contributed by atoms with Gasteiger partial charge in [-0.1, -0.05) is 62.2 Å². The third-order valence-electron chi connectivity index (χ3n) is 3.33. The largest absolute Gasteiger partial charge is 0.481 e. The zero-order valence-electron chi connectivity index (χ0n) is 19.9. The summed E-state index contributed by atoms with van der Waals surface area (Å²) in [5.74, 6) is -2.01. The smallest absolute Gasteiger partial charge is 0.344 e. The van der Waals surface area contributed by atoms with Gasteiger partial charge in [-0.05, 0) is 5.56 Å². The van der Waals surface area contributed by atoms with E-state index in [1.54, 1.807) is 18.2 Å². The number of esters is 1. The highest BCUT2D eigenvalue weighted by molar-refractivity contribution is 9.09. The predicted molar refractivity (Wildman–Crippen MR) is 143 cm³/mol. The van der Waals surface area contributed by atoms with Crippen LogP contribution in [0.15, 0.2) is 60.2 Å². The van der Waals surface area contributed by atoms with E-state index in [2.05, 4.69) is 58.1 Å². The van der Waals surface area contributed by atoms with Crippen molar-refractivity contribution in [3.05, 3.63) is 77.4 Å². The monoisotopic (exact) mass is 638 g/mol. The molecule has 0 heterocycles. The molecule has 1 aromatic carbocycles. The molecule has 11 nitrogen and oxygen atoms in total. The first kappa shape index (κ1) is 35.2. The Bertz CT molecular complexity index is 1030. The normalized spacial score (nSPS) is 9.73. The summed E-state index contributed by atoms with van der Waals surface area (Å²) in [6.45, 7) is 2.03. The molecular weight excluding hydrogens is 614 g/mol. The minimum atomic E-state index is -0.829. The van der Waals surface area contributed by atoms with E-state index < -0.39 is 17.8 Å². The van der Waals surface area contributed by atoms with Crippen LogP contribution in [0.5, 0.6) is 0 Å². The maximum Gasteiger partial charge on any atom is 0.344 e. The van der Waals surface area contributed by atoms with Crippen molar-refractivity contribution in [3.63, 3.8) is 0 Å². The molecule has 0 radical (unpaired) electrons. The van der Waals surface area contributed by atoms with Gasteiger partial charge in [-0.2, -0.15) is 10.1 Å². The number of hydrogen-bond acceptors (Lipinski definition) is 6. The van der Waals surface area contributed by atoms with Crippen molar-refractivity contribution in [2.45, 2.75) is 13.5 Å². The molecule has 3 N–H and O–H groups in total. The number of ether oxygens (including phenoxy) is 1. The Morgan fingerprint density at radius 2 is 1.78 bits per heavy atom. The molecule has 0 unspecified atom stereocenters. The predicted octanol–water partition coefficient (Wildman–Crippen LogP) is 2.50. The Kier molecular flexibility index (Phi) is 24.0. The highest BCUT2D eigenvalue weighted by Gasteiger charge is 2.06. The van der Waals surface area contributed by atoms with E-state index in [0.29, 0.717) is 13.1 Å². The molecule has 0 bridgehead atoms. The average molecular weight is 640 g/mol. The molecular formula is C24H26Br2N5O6+. The second kappa shape index (κ2) is 25.2. The zero-order chi connectivity index (χ0) is 28.3. The van der Waals surface area contributed by atoms with Gasteiger partial charge in [0.15, 0.2) is 6.61 Å². The number of halogens is 2. The molecule has 1 aromatic rings. The number of carboxylic acids is 1. The van der Waals surface area contributed by atoms with E-state index in [9.17, 15) is 19.2 Å². The number of hydrogen-bond donors (Lipinski definition) is 3. The molecule has 0 aliphatic heterocycles. The molecule has 0 aromatic heterocycles. The van der Waals surface area contributed by atoms with Gasteiger partial charge in [0.2, 0.25) is 0 Å². The molecule has 196 valence electrons. The van der Waals surface area contributed by atoms with Crippen LogP contribution in [0.3, 0.4) is 0 Å². The molecule has 0 atom stereocenters. The number of nitriles is 1. The lowest BCUT2D eigenvalue weighted by Crippen LogP contribution is -2.28. The van der Waals surface area contributed by atoms with Crippen LogP contribution >= 0.6 is 31.9 Å². The van der Waals surface area contributed by atoms with E-state index >= 15 is 0 Å². The molecule has 37 heavy (non-hydrogen) atoms. The van der Waals surface area contributed by atoms with Crippen molar-refractivity contribution in [3.8, 4) is 6.07 Å². The van der Waals surface area contributed by atoms with Crippen LogP contribution in [0.2, 0.25) is 0 Å². The van der Waals surface area contributed by atoms with Crippen LogP contribution in [-0.4, -0.2) is 63.7 Å². The number of aliphatic carboxylic acids is 1. The average Bonchev–Trinajstić information content (AvgIpc) is 2.92. The number of nitrogens with one attached hydrogen (secondary N) is 2. The second-order valence-electron chi connectivity index (χ2n) is 6.18. The number of allylic oxidation sites excluding steroid dienone is 4. The van der Waals surface area contributed by atoms with Crippen molar-refractivity contribution in [2.75, 3.05) is 23.8 Å². The molecule has 2 amide bonds. The number of nitrogens with zero attached hydrogens (tertiary/aromatic N) is 3. The molecule has 0 saturated heterocycles. The molecule has 0 saturated carbocycles. The number of amides is 2. The third kappa shape index (κ3) is 25.0. The van der Waals surface area contributed by atoms with Crippen molar-refractivity contribution in [1.29, 1.82) is 5.26 Å². The zero-order valence-corrected chi connectivity index (χ0v) is 23.1. The van der Waals surface area contributed by atoms with Gasteiger partial charge in [0, 0.05) is 25.6 Å². The van der Waals surface area contributed by atoms with Gasteiger partial charge in [-0.25, -0.2) is 0 Å². The first-order valence-electron chi connectivity index (χ1n) is 10.2. The van der Waals surface area contributed by atoms with E-state index in [0.717, 1.165) is 17.4 Å². The summed E-state index contributed by atoms with van der Waals surface area (Å²) in [5, 5.41) is 20.3. The number of benzene rings is 1. The quantitative estimate of drug-likeness (QED) is 0.0926. The van der Waals surface area contributed by atoms with Gasteiger partial charge in [0.05, 0.1) is 24.3 Å². The van der Waals surface area contributed by atoms with Gasteiger partial charge in [0.1, 0.15) is 22.8 Å². The van der Waals surface area contributed by atoms with Gasteiger partial charge >= 0.3 is 24.1 Å². The van der Waals surface area contributed by atoms with Crippen molar-refractivity contribution in [2.24, 2.45) is 0 Å². The Morgan fingerprint density at radius 3 is 2.27 bits per heavy atom. The summed E-state index contributed by atoms with van der Waals surface area (Å²) < 4.78 is 4.64. The van der Waals surface area contributed by atoms with Crippen molar-refractivity contribution >= 4 is 61.8 Å². The first-order valence-corrected chi connectivity index (χ1v) is 12.5. The van der Waals surface area contributed by atoms with E-state index in [-0.39, 0.29) is 23.2 Å². The van der Waals surface area contributed by atoms with Crippen LogP contribution in [0.1, 0.15) is 12.5 Å². The van der Waals surface area contributed by atoms with Gasteiger partial charge in [-0.15, -0.1) is 0 Å². The summed E-state index contributed by atoms with van der Waals surface area (Å²) in [6, 6.07) is 11.3. The standard InChI is InChI=1S/C11H12BrNO3.C9H7N3O.C2H3BrO2.C2H3N/c12-6-11(15)16-8-10(14)13-7-9-4-2-1-3-5-9;10-12-7-9(13)11-6-8-4-2-1-3-5-8;3-1-2(4)5;1-2-3/h1-5H,6-8H2,(H,13,14);1-2,4-5,7H,6H2;1H2,(H,4,5);1H3/p+1. The van der Waals surface area contributed by atoms with Crippen LogP contribution < -0.4 is 10.6 Å². The Balaban J connectivity index is 0. The Hall–Kier alpha value is -3.94. The van der Waals surface area contributed by atoms with Gasteiger partial charge < -0.3 is 26.0 Å². The summed E-state index contributed by atoms with van der Waals surface area (Å²) in [6.07, 6.45) is 10.9. The SMILES string of the molecule is CC#N.O=C(COC(=O)CBr)NCc1ccccc1.O=C(O)CBr.[N-]=[N+]=CC(=O)NCC1=CC=C[C+]=C1. The van der Waals surface area contributed by atoms with Crippen LogP contribution in [-0.2, 0) is 30.5 Å². The number of carbonyl (C=O) groups is 4. The Labute approximate surface area is 231 Å². The molecule has 1 aliphatic carbocycles. The lowest BCUT2D eigenvalue weighted by Gasteiger charge is -2.05. The second-order valence-corrected chi connectivity index (χ2v) is 7.30. The van der Waals surface area contributed by atoms with E-state index in [4.69, 9.17) is 15.9 Å². The maximum atomic E-state index is 11.2. The fourth-order valence-electron chi connectivity index (χ4n) is 1.86. The van der Waals surface area contributed by atoms with Crippen LogP contribution in [0.4, 0.5) is 0 Å². The van der Waals surface area contributed by atoms with Crippen LogP contribution in [0.25, 0.3) is 5.53 Å². The summed E-state index contributed by atoms with van der Waals surface area (Å²) in [5.41, 5.74) is 9.99. The van der Waals surface area contributed by atoms with E-state index in [1.165, 1.54) is 6.92 Å². The fraction of sp³-hybridized carbons (Fsp3) is 0.250. The lowest BCUT2D eigenvalue weighted by atomic mass is 10.1. The number of rotatable bonds is 9. The van der Waals surface area contributed by atoms with Crippen molar-refractivity contribution in [1.82, 2.24) is 10.6 Å². The maximum absolute atomic E-state index is 11.2. The van der Waals surface area contributed by atoms with E-state index in [1.807, 2.05) is 42.5 Å². The first-order chi connectivity index (χ1) is 17.7. The highest BCUT2D eigenvalue weighted by Crippen LogP contribution is 2.00. The van der Waals surface area contributed by atoms with Gasteiger partial charge in [-0.3, -0.25) is 19.2 Å². The minimum Gasteiger partial charge on any atom is -0.481 e. The fourth-order valence-corrected chi connectivity index (χ4v) is 2.02.